The largest absolute Gasteiger partial charge is 0.465 e. The van der Waals surface area contributed by atoms with E-state index in [1.165, 1.54) is 19.2 Å². The van der Waals surface area contributed by atoms with Crippen LogP contribution < -0.4 is 5.32 Å². The molecule has 0 fully saturated rings. The van der Waals surface area contributed by atoms with Gasteiger partial charge in [-0.05, 0) is 25.1 Å². The third-order valence-corrected chi connectivity index (χ3v) is 3.37. The molecular formula is C14H12Cl2FNO3. The third-order valence-electron chi connectivity index (χ3n) is 2.82. The summed E-state index contributed by atoms with van der Waals surface area (Å²) in [5.74, 6) is -0.126. The number of furan rings is 1. The third kappa shape index (κ3) is 3.49. The molecule has 112 valence electrons. The van der Waals surface area contributed by atoms with Gasteiger partial charge in [0.25, 0.3) is 0 Å². The lowest BCUT2D eigenvalue weighted by Gasteiger charge is -2.06. The average molecular weight is 332 g/mol. The van der Waals surface area contributed by atoms with E-state index >= 15 is 0 Å². The fraction of sp³-hybridized carbons (Fsp3) is 0.214. The van der Waals surface area contributed by atoms with Crippen molar-refractivity contribution in [2.75, 3.05) is 12.4 Å². The second-order valence-corrected chi connectivity index (χ2v) is 5.10. The normalized spacial score (nSPS) is 10.5. The smallest absolute Gasteiger partial charge is 0.341 e. The molecule has 0 aliphatic heterocycles. The van der Waals surface area contributed by atoms with Crippen molar-refractivity contribution < 1.29 is 18.3 Å². The Morgan fingerprint density at radius 3 is 2.52 bits per heavy atom. The van der Waals surface area contributed by atoms with Crippen LogP contribution in [0.25, 0.3) is 0 Å². The number of nitrogens with one attached hydrogen (secondary N) is 1. The van der Waals surface area contributed by atoms with Gasteiger partial charge in [0, 0.05) is 5.69 Å². The van der Waals surface area contributed by atoms with Gasteiger partial charge in [-0.3, -0.25) is 0 Å². The van der Waals surface area contributed by atoms with Gasteiger partial charge in [0.15, 0.2) is 5.82 Å². The zero-order valence-corrected chi connectivity index (χ0v) is 12.8. The van der Waals surface area contributed by atoms with Gasteiger partial charge in [-0.25, -0.2) is 9.18 Å². The zero-order chi connectivity index (χ0) is 15.6. The van der Waals surface area contributed by atoms with Crippen LogP contribution in [0.2, 0.25) is 10.0 Å². The Labute approximate surface area is 130 Å². The first-order valence-corrected chi connectivity index (χ1v) is 6.74. The first-order chi connectivity index (χ1) is 9.92. The molecule has 21 heavy (non-hydrogen) atoms. The second-order valence-electron chi connectivity index (χ2n) is 4.28. The van der Waals surface area contributed by atoms with Crippen molar-refractivity contribution in [3.63, 3.8) is 0 Å². The summed E-state index contributed by atoms with van der Waals surface area (Å²) in [5, 5.41) is 2.84. The minimum Gasteiger partial charge on any atom is -0.465 e. The van der Waals surface area contributed by atoms with Crippen molar-refractivity contribution in [1.29, 1.82) is 0 Å². The predicted molar refractivity (Wildman–Crippen MR) is 78.5 cm³/mol. The van der Waals surface area contributed by atoms with E-state index in [0.717, 1.165) is 0 Å². The van der Waals surface area contributed by atoms with Crippen molar-refractivity contribution in [1.82, 2.24) is 0 Å². The number of benzene rings is 1. The highest BCUT2D eigenvalue weighted by Crippen LogP contribution is 2.27. The maximum atomic E-state index is 13.3. The maximum Gasteiger partial charge on any atom is 0.341 e. The Balaban J connectivity index is 2.12. The number of anilines is 1. The highest BCUT2D eigenvalue weighted by atomic mass is 35.5. The molecule has 7 heteroatoms. The summed E-state index contributed by atoms with van der Waals surface area (Å²) < 4.78 is 23.4. The monoisotopic (exact) mass is 331 g/mol. The van der Waals surface area contributed by atoms with Gasteiger partial charge in [-0.2, -0.15) is 0 Å². The summed E-state index contributed by atoms with van der Waals surface area (Å²) in [6, 6.07) is 4.42. The number of halogens is 3. The molecule has 0 amide bonds. The van der Waals surface area contributed by atoms with Crippen LogP contribution in [0.4, 0.5) is 10.1 Å². The highest BCUT2D eigenvalue weighted by Gasteiger charge is 2.15. The van der Waals surface area contributed by atoms with Crippen LogP contribution >= 0.6 is 23.2 Å². The Hall–Kier alpha value is -1.72. The van der Waals surface area contributed by atoms with Gasteiger partial charge in [0.05, 0.1) is 23.7 Å². The van der Waals surface area contributed by atoms with E-state index in [1.54, 1.807) is 13.0 Å². The van der Waals surface area contributed by atoms with E-state index in [0.29, 0.717) is 22.8 Å². The van der Waals surface area contributed by atoms with Gasteiger partial charge in [0.2, 0.25) is 0 Å². The van der Waals surface area contributed by atoms with E-state index < -0.39 is 11.8 Å². The number of carbonyl (C=O) groups excluding carboxylic acids is 1. The van der Waals surface area contributed by atoms with E-state index in [9.17, 15) is 9.18 Å². The molecule has 1 heterocycles. The van der Waals surface area contributed by atoms with E-state index in [2.05, 4.69) is 10.1 Å². The first kappa shape index (κ1) is 15.7. The molecule has 0 saturated heterocycles. The lowest BCUT2D eigenvalue weighted by Crippen LogP contribution is -2.01. The van der Waals surface area contributed by atoms with Crippen LogP contribution in [0, 0.1) is 12.7 Å². The van der Waals surface area contributed by atoms with Gasteiger partial charge >= 0.3 is 5.97 Å². The summed E-state index contributed by atoms with van der Waals surface area (Å²) in [6.45, 7) is 1.96. The fourth-order valence-electron chi connectivity index (χ4n) is 1.79. The van der Waals surface area contributed by atoms with Crippen LogP contribution in [0.15, 0.2) is 22.6 Å². The molecular weight excluding hydrogens is 320 g/mol. The quantitative estimate of drug-likeness (QED) is 0.665. The molecule has 4 nitrogen and oxygen atoms in total. The number of hydrogen-bond acceptors (Lipinski definition) is 4. The number of methoxy groups -OCH3 is 1. The molecule has 1 N–H and O–H groups in total. The fourth-order valence-corrected chi connectivity index (χ4v) is 2.28. The van der Waals surface area contributed by atoms with Crippen LogP contribution in [0.3, 0.4) is 0 Å². The van der Waals surface area contributed by atoms with Crippen LogP contribution in [0.1, 0.15) is 21.9 Å². The van der Waals surface area contributed by atoms with Crippen LogP contribution in [0.5, 0.6) is 0 Å². The molecule has 0 spiro atoms. The Morgan fingerprint density at radius 1 is 1.33 bits per heavy atom. The summed E-state index contributed by atoms with van der Waals surface area (Å²) in [4.78, 5) is 11.5. The lowest BCUT2D eigenvalue weighted by molar-refractivity contribution is 0.0599. The summed E-state index contributed by atoms with van der Waals surface area (Å²) in [7, 11) is 1.30. The molecule has 0 unspecified atom stereocenters. The van der Waals surface area contributed by atoms with Crippen molar-refractivity contribution in [2.45, 2.75) is 13.5 Å². The van der Waals surface area contributed by atoms with Crippen molar-refractivity contribution in [3.8, 4) is 0 Å². The summed E-state index contributed by atoms with van der Waals surface area (Å²) in [6.07, 6.45) is 0. The highest BCUT2D eigenvalue weighted by molar-refractivity contribution is 6.35. The number of carbonyl (C=O) groups is 1. The van der Waals surface area contributed by atoms with Gasteiger partial charge < -0.3 is 14.5 Å². The topological polar surface area (TPSA) is 51.5 Å². The van der Waals surface area contributed by atoms with E-state index in [1.807, 2.05) is 0 Å². The molecule has 1 aromatic carbocycles. The summed E-state index contributed by atoms with van der Waals surface area (Å²) in [5.41, 5.74) is 0.907. The minimum absolute atomic E-state index is 0.0733. The standard InChI is InChI=1S/C14H12Cl2FNO3/c1-7-10(14(19)20-2)5-9(21-7)6-18-8-3-11(15)13(17)12(16)4-8/h3-5,18H,6H2,1-2H3. The molecule has 2 rings (SSSR count). The lowest BCUT2D eigenvalue weighted by atomic mass is 10.2. The molecule has 0 bridgehead atoms. The van der Waals surface area contributed by atoms with Crippen molar-refractivity contribution in [2.24, 2.45) is 0 Å². The van der Waals surface area contributed by atoms with Crippen molar-refractivity contribution in [3.05, 3.63) is 51.1 Å². The number of ether oxygens (including phenoxy) is 1. The van der Waals surface area contributed by atoms with Gasteiger partial charge in [-0.15, -0.1) is 0 Å². The van der Waals surface area contributed by atoms with E-state index in [-0.39, 0.29) is 16.6 Å². The van der Waals surface area contributed by atoms with Crippen LogP contribution in [-0.4, -0.2) is 13.1 Å². The Bertz CT molecular complexity index is 662. The first-order valence-electron chi connectivity index (χ1n) is 5.98. The van der Waals surface area contributed by atoms with Crippen LogP contribution in [-0.2, 0) is 11.3 Å². The van der Waals surface area contributed by atoms with Gasteiger partial charge in [-0.1, -0.05) is 23.2 Å². The number of rotatable bonds is 4. The van der Waals surface area contributed by atoms with E-state index in [4.69, 9.17) is 27.6 Å². The maximum absolute atomic E-state index is 13.3. The molecule has 0 aliphatic rings. The molecule has 0 aliphatic carbocycles. The zero-order valence-electron chi connectivity index (χ0n) is 11.3. The predicted octanol–water partition coefficient (Wildman–Crippen LogP) is 4.43. The molecule has 0 atom stereocenters. The molecule has 1 aromatic heterocycles. The minimum atomic E-state index is -0.661. The second kappa shape index (κ2) is 6.37. The SMILES string of the molecule is COC(=O)c1cc(CNc2cc(Cl)c(F)c(Cl)c2)oc1C. The summed E-state index contributed by atoms with van der Waals surface area (Å²) >= 11 is 11.4. The number of aryl methyl sites for hydroxylation is 1. The Morgan fingerprint density at radius 2 is 1.95 bits per heavy atom. The Kier molecular flexibility index (Phi) is 4.75. The molecule has 0 saturated carbocycles. The molecule has 0 radical (unpaired) electrons. The van der Waals surface area contributed by atoms with Crippen molar-refractivity contribution >= 4 is 34.9 Å². The number of esters is 1. The molecule has 2 aromatic rings. The number of hydrogen-bond donors (Lipinski definition) is 1. The average Bonchev–Trinajstić information content (AvgIpc) is 2.82. The van der Waals surface area contributed by atoms with Gasteiger partial charge in [0.1, 0.15) is 17.1 Å².